The molecule has 0 radical (unpaired) electrons. The van der Waals surface area contributed by atoms with Gasteiger partial charge in [-0.3, -0.25) is 0 Å². The number of carbonyl (C=O) groups is 1. The van der Waals surface area contributed by atoms with E-state index in [0.717, 1.165) is 60.1 Å². The van der Waals surface area contributed by atoms with Crippen molar-refractivity contribution in [3.05, 3.63) is 81.5 Å². The molecule has 1 saturated heterocycles. The number of piperazine rings is 1. The van der Waals surface area contributed by atoms with Gasteiger partial charge >= 0.3 is 6.03 Å². The van der Waals surface area contributed by atoms with Gasteiger partial charge in [-0.25, -0.2) is 14.8 Å². The van der Waals surface area contributed by atoms with E-state index in [1.54, 1.807) is 0 Å². The number of benzene rings is 2. The van der Waals surface area contributed by atoms with E-state index < -0.39 is 0 Å². The maximum Gasteiger partial charge on any atom is 0.321 e. The van der Waals surface area contributed by atoms with Gasteiger partial charge in [0.25, 0.3) is 0 Å². The molecule has 0 bridgehead atoms. The van der Waals surface area contributed by atoms with E-state index in [0.29, 0.717) is 13.1 Å². The van der Waals surface area contributed by atoms with Crippen LogP contribution in [0.25, 0.3) is 10.2 Å². The molecule has 2 aromatic heterocycles. The van der Waals surface area contributed by atoms with Crippen molar-refractivity contribution in [3.8, 4) is 0 Å². The number of rotatable bonds is 4. The second-order valence-electron chi connectivity index (χ2n) is 10.2. The SMILES string of the molecule is Cc1cccc(NC(=O)N2CCN(c3nc(Cc4ccccc4)nc4sc5c(c34)CCCC5)CC2)c1C. The van der Waals surface area contributed by atoms with Gasteiger partial charge in [0.05, 0.1) is 5.39 Å². The molecule has 1 fully saturated rings. The molecule has 0 spiro atoms. The molecule has 1 aliphatic carbocycles. The van der Waals surface area contributed by atoms with Gasteiger partial charge in [-0.2, -0.15) is 0 Å². The number of nitrogens with zero attached hydrogens (tertiary/aromatic N) is 4. The highest BCUT2D eigenvalue weighted by molar-refractivity contribution is 7.19. The zero-order valence-corrected chi connectivity index (χ0v) is 22.4. The largest absolute Gasteiger partial charge is 0.352 e. The second kappa shape index (κ2) is 10.1. The Bertz CT molecular complexity index is 1440. The molecule has 0 atom stereocenters. The average molecular weight is 512 g/mol. The summed E-state index contributed by atoms with van der Waals surface area (Å²) in [4.78, 5) is 30.2. The fraction of sp³-hybridized carbons (Fsp3) is 0.367. The van der Waals surface area contributed by atoms with Gasteiger partial charge in [0.1, 0.15) is 16.5 Å². The molecular weight excluding hydrogens is 478 g/mol. The van der Waals surface area contributed by atoms with Crippen molar-refractivity contribution in [2.45, 2.75) is 46.0 Å². The van der Waals surface area contributed by atoms with Crippen molar-refractivity contribution < 1.29 is 4.79 Å². The third kappa shape index (κ3) is 4.80. The molecule has 37 heavy (non-hydrogen) atoms. The number of urea groups is 1. The van der Waals surface area contributed by atoms with Gasteiger partial charge in [-0.1, -0.05) is 42.5 Å². The highest BCUT2D eigenvalue weighted by Crippen LogP contribution is 2.40. The summed E-state index contributed by atoms with van der Waals surface area (Å²) >= 11 is 1.86. The van der Waals surface area contributed by atoms with E-state index >= 15 is 0 Å². The summed E-state index contributed by atoms with van der Waals surface area (Å²) in [5.41, 5.74) is 5.87. The van der Waals surface area contributed by atoms with Crippen LogP contribution >= 0.6 is 11.3 Å². The molecule has 1 N–H and O–H groups in total. The van der Waals surface area contributed by atoms with E-state index in [4.69, 9.17) is 9.97 Å². The van der Waals surface area contributed by atoms with Gasteiger partial charge in [0.2, 0.25) is 0 Å². The van der Waals surface area contributed by atoms with Crippen molar-refractivity contribution in [2.75, 3.05) is 36.4 Å². The van der Waals surface area contributed by atoms with E-state index in [-0.39, 0.29) is 6.03 Å². The molecule has 6 rings (SSSR count). The number of carbonyl (C=O) groups excluding carboxylic acids is 1. The fourth-order valence-corrected chi connectivity index (χ4v) is 6.74. The van der Waals surface area contributed by atoms with Crippen LogP contribution in [0.1, 0.15) is 45.8 Å². The quantitative estimate of drug-likeness (QED) is 0.358. The summed E-state index contributed by atoms with van der Waals surface area (Å²) in [5.74, 6) is 1.94. The number of aryl methyl sites for hydroxylation is 3. The summed E-state index contributed by atoms with van der Waals surface area (Å²) < 4.78 is 0. The third-order valence-corrected chi connectivity index (χ3v) is 8.95. The van der Waals surface area contributed by atoms with Gasteiger partial charge < -0.3 is 15.1 Å². The molecule has 2 aliphatic rings. The van der Waals surface area contributed by atoms with Gasteiger partial charge in [0.15, 0.2) is 0 Å². The molecule has 6 nitrogen and oxygen atoms in total. The second-order valence-corrected chi connectivity index (χ2v) is 11.3. The molecule has 7 heteroatoms. The lowest BCUT2D eigenvalue weighted by atomic mass is 9.96. The first-order chi connectivity index (χ1) is 18.1. The van der Waals surface area contributed by atoms with Crippen LogP contribution < -0.4 is 10.2 Å². The van der Waals surface area contributed by atoms with Crippen molar-refractivity contribution in [1.29, 1.82) is 0 Å². The van der Waals surface area contributed by atoms with Crippen LogP contribution in [0, 0.1) is 13.8 Å². The van der Waals surface area contributed by atoms with Crippen LogP contribution in [0.3, 0.4) is 0 Å². The van der Waals surface area contributed by atoms with Gasteiger partial charge in [-0.05, 0) is 67.9 Å². The third-order valence-electron chi connectivity index (χ3n) is 7.76. The first-order valence-electron chi connectivity index (χ1n) is 13.3. The average Bonchev–Trinajstić information content (AvgIpc) is 3.30. The molecule has 0 unspecified atom stereocenters. The Morgan fingerprint density at radius 3 is 2.54 bits per heavy atom. The number of nitrogens with one attached hydrogen (secondary N) is 1. The number of fused-ring (bicyclic) bond motifs is 3. The highest BCUT2D eigenvalue weighted by atomic mass is 32.1. The number of hydrogen-bond donors (Lipinski definition) is 1. The summed E-state index contributed by atoms with van der Waals surface area (Å²) in [7, 11) is 0. The van der Waals surface area contributed by atoms with Gasteiger partial charge in [0, 0.05) is 43.2 Å². The Morgan fingerprint density at radius 2 is 1.73 bits per heavy atom. The van der Waals surface area contributed by atoms with E-state index in [1.807, 2.05) is 34.4 Å². The lowest BCUT2D eigenvalue weighted by Gasteiger charge is -2.36. The Hall–Kier alpha value is -3.45. The van der Waals surface area contributed by atoms with Crippen LogP contribution in [0.4, 0.5) is 16.3 Å². The number of aromatic nitrogens is 2. The first kappa shape index (κ1) is 23.9. The molecule has 3 heterocycles. The zero-order valence-electron chi connectivity index (χ0n) is 21.6. The molecule has 190 valence electrons. The molecule has 2 amide bonds. The van der Waals surface area contributed by atoms with Crippen molar-refractivity contribution in [2.24, 2.45) is 0 Å². The van der Waals surface area contributed by atoms with E-state index in [2.05, 4.69) is 54.4 Å². The summed E-state index contributed by atoms with van der Waals surface area (Å²) in [6.07, 6.45) is 5.48. The highest BCUT2D eigenvalue weighted by Gasteiger charge is 2.27. The first-order valence-corrected chi connectivity index (χ1v) is 14.1. The summed E-state index contributed by atoms with van der Waals surface area (Å²) in [6.45, 7) is 6.99. The van der Waals surface area contributed by atoms with Gasteiger partial charge in [-0.15, -0.1) is 11.3 Å². The Labute approximate surface area is 222 Å². The minimum absolute atomic E-state index is 0.0288. The topological polar surface area (TPSA) is 61.4 Å². The molecule has 4 aromatic rings. The smallest absolute Gasteiger partial charge is 0.321 e. The number of amides is 2. The molecule has 1 aliphatic heterocycles. The lowest BCUT2D eigenvalue weighted by molar-refractivity contribution is 0.208. The van der Waals surface area contributed by atoms with E-state index in [9.17, 15) is 4.79 Å². The van der Waals surface area contributed by atoms with Crippen LogP contribution in [0.5, 0.6) is 0 Å². The molecule has 0 saturated carbocycles. The summed E-state index contributed by atoms with van der Waals surface area (Å²) in [5, 5.41) is 4.38. The Balaban J connectivity index is 1.25. The predicted octanol–water partition coefficient (Wildman–Crippen LogP) is 6.13. The van der Waals surface area contributed by atoms with Crippen LogP contribution in [0.15, 0.2) is 48.5 Å². The summed E-state index contributed by atoms with van der Waals surface area (Å²) in [6, 6.07) is 16.5. The number of hydrogen-bond acceptors (Lipinski definition) is 5. The minimum atomic E-state index is -0.0288. The van der Waals surface area contributed by atoms with E-state index in [1.165, 1.54) is 39.8 Å². The van der Waals surface area contributed by atoms with Crippen molar-refractivity contribution in [1.82, 2.24) is 14.9 Å². The van der Waals surface area contributed by atoms with Crippen LogP contribution in [0.2, 0.25) is 0 Å². The monoisotopic (exact) mass is 511 g/mol. The number of anilines is 2. The van der Waals surface area contributed by atoms with Crippen molar-refractivity contribution in [3.63, 3.8) is 0 Å². The standard InChI is InChI=1S/C30H33N5OS/c1-20-9-8-13-24(21(20)2)31-30(36)35-17-15-34(16-18-35)28-27-23-12-6-7-14-25(23)37-29(27)33-26(32-28)19-22-10-4-3-5-11-22/h3-5,8-11,13H,6-7,12,14-19H2,1-2H3,(H,31,36). The maximum absolute atomic E-state index is 13.1. The Morgan fingerprint density at radius 1 is 0.946 bits per heavy atom. The molecular formula is C30H33N5OS. The molecule has 2 aromatic carbocycles. The fourth-order valence-electron chi connectivity index (χ4n) is 5.47. The Kier molecular flexibility index (Phi) is 6.55. The zero-order chi connectivity index (χ0) is 25.4. The maximum atomic E-state index is 13.1. The minimum Gasteiger partial charge on any atom is -0.352 e. The predicted molar refractivity (Wildman–Crippen MR) is 152 cm³/mol. The van der Waals surface area contributed by atoms with Crippen molar-refractivity contribution >= 4 is 39.1 Å². The van der Waals surface area contributed by atoms with Crippen LogP contribution in [-0.4, -0.2) is 47.1 Å². The lowest BCUT2D eigenvalue weighted by Crippen LogP contribution is -2.50. The normalized spacial score (nSPS) is 15.6. The van der Waals surface area contributed by atoms with Crippen LogP contribution in [-0.2, 0) is 19.3 Å². The number of thiophene rings is 1.